The number of Topliss-reactive ketones (excluding diaryl/α,β-unsaturated/α-hetero) is 1. The van der Waals surface area contributed by atoms with E-state index in [4.69, 9.17) is 0 Å². The number of piperidine rings is 1. The van der Waals surface area contributed by atoms with Gasteiger partial charge in [0.25, 0.3) is 17.7 Å². The number of hydrogen-bond donors (Lipinski definition) is 2. The van der Waals surface area contributed by atoms with E-state index < -0.39 is 42.0 Å². The fraction of sp³-hybridized carbons (Fsp3) is 0.600. The lowest BCUT2D eigenvalue weighted by Crippen LogP contribution is -2.43. The molecule has 7 nitrogen and oxygen atoms in total. The van der Waals surface area contributed by atoms with Crippen molar-refractivity contribution in [3.05, 3.63) is 16.1 Å². The van der Waals surface area contributed by atoms with Crippen LogP contribution in [-0.2, 0) is 4.79 Å². The van der Waals surface area contributed by atoms with Gasteiger partial charge in [-0.05, 0) is 13.8 Å². The first-order chi connectivity index (χ1) is 11.5. The van der Waals surface area contributed by atoms with Crippen LogP contribution in [0.25, 0.3) is 0 Å². The summed E-state index contributed by atoms with van der Waals surface area (Å²) in [5.74, 6) is -4.47. The van der Waals surface area contributed by atoms with E-state index in [2.05, 4.69) is 10.3 Å². The average Bonchev–Trinajstić information content (AvgIpc) is 3.00. The number of aliphatic hydroxyl groups is 1. The topological polar surface area (TPSA) is 99.6 Å². The molecular formula is C15H19F2N3O4S. The van der Waals surface area contributed by atoms with Crippen molar-refractivity contribution >= 4 is 28.9 Å². The third kappa shape index (κ3) is 5.02. The zero-order valence-electron chi connectivity index (χ0n) is 13.8. The Morgan fingerprint density at radius 3 is 2.52 bits per heavy atom. The molecule has 1 aromatic rings. The van der Waals surface area contributed by atoms with E-state index in [1.165, 1.54) is 24.1 Å². The van der Waals surface area contributed by atoms with Crippen LogP contribution in [0.1, 0.15) is 47.0 Å². The standard InChI is InChI=1S/C15H19F2N3O4S/c1-14(2,24)10(21)7-18-11(22)12-19-9(8-25-12)13(23)20-5-3-15(16,17)4-6-20/h8,24H,3-7H2,1-2H3,(H,18,22). The van der Waals surface area contributed by atoms with Crippen molar-refractivity contribution in [2.24, 2.45) is 0 Å². The van der Waals surface area contributed by atoms with Gasteiger partial charge in [-0.2, -0.15) is 0 Å². The van der Waals surface area contributed by atoms with Crippen LogP contribution in [0.2, 0.25) is 0 Å². The van der Waals surface area contributed by atoms with Gasteiger partial charge in [-0.1, -0.05) is 0 Å². The number of nitrogens with one attached hydrogen (secondary N) is 1. The van der Waals surface area contributed by atoms with E-state index in [-0.39, 0.29) is 30.3 Å². The van der Waals surface area contributed by atoms with Crippen molar-refractivity contribution in [2.45, 2.75) is 38.2 Å². The molecule has 0 saturated carbocycles. The van der Waals surface area contributed by atoms with E-state index in [1.807, 2.05) is 0 Å². The van der Waals surface area contributed by atoms with Crippen LogP contribution in [0.3, 0.4) is 0 Å². The number of rotatable bonds is 5. The van der Waals surface area contributed by atoms with Gasteiger partial charge in [-0.25, -0.2) is 13.8 Å². The Hall–Kier alpha value is -1.94. The van der Waals surface area contributed by atoms with Crippen LogP contribution >= 0.6 is 11.3 Å². The number of thiazole rings is 1. The van der Waals surface area contributed by atoms with E-state index in [9.17, 15) is 28.3 Å². The number of likely N-dealkylation sites (tertiary alicyclic amines) is 1. The molecule has 0 bridgehead atoms. The maximum Gasteiger partial charge on any atom is 0.280 e. The van der Waals surface area contributed by atoms with Crippen LogP contribution in [0.15, 0.2) is 5.38 Å². The van der Waals surface area contributed by atoms with Gasteiger partial charge < -0.3 is 15.3 Å². The maximum absolute atomic E-state index is 13.1. The Morgan fingerprint density at radius 2 is 1.96 bits per heavy atom. The van der Waals surface area contributed by atoms with Gasteiger partial charge in [-0.15, -0.1) is 11.3 Å². The third-order valence-electron chi connectivity index (χ3n) is 3.79. The molecule has 2 amide bonds. The molecular weight excluding hydrogens is 356 g/mol. The second-order valence-electron chi connectivity index (χ2n) is 6.35. The van der Waals surface area contributed by atoms with Crippen molar-refractivity contribution < 1.29 is 28.3 Å². The zero-order valence-corrected chi connectivity index (χ0v) is 14.7. The summed E-state index contributed by atoms with van der Waals surface area (Å²) in [6, 6.07) is 0. The van der Waals surface area contributed by atoms with Crippen molar-refractivity contribution in [3.8, 4) is 0 Å². The summed E-state index contributed by atoms with van der Waals surface area (Å²) in [7, 11) is 0. The predicted octanol–water partition coefficient (Wildman–Crippen LogP) is 1.08. The summed E-state index contributed by atoms with van der Waals surface area (Å²) in [5.41, 5.74) is -1.55. The molecule has 1 saturated heterocycles. The molecule has 0 spiro atoms. The Balaban J connectivity index is 1.94. The van der Waals surface area contributed by atoms with Gasteiger partial charge in [0.1, 0.15) is 11.3 Å². The maximum atomic E-state index is 13.1. The fourth-order valence-electron chi connectivity index (χ4n) is 2.13. The predicted molar refractivity (Wildman–Crippen MR) is 85.8 cm³/mol. The number of halogens is 2. The molecule has 10 heteroatoms. The summed E-state index contributed by atoms with van der Waals surface area (Å²) in [5, 5.41) is 13.2. The van der Waals surface area contributed by atoms with Crippen LogP contribution in [0.5, 0.6) is 0 Å². The molecule has 138 valence electrons. The second kappa shape index (κ2) is 7.12. The Bertz CT molecular complexity index is 675. The number of alkyl halides is 2. The van der Waals surface area contributed by atoms with E-state index in [1.54, 1.807) is 0 Å². The van der Waals surface area contributed by atoms with Gasteiger partial charge in [0.05, 0.1) is 6.54 Å². The number of amides is 2. The lowest BCUT2D eigenvalue weighted by molar-refractivity contribution is -0.132. The number of aromatic nitrogens is 1. The summed E-state index contributed by atoms with van der Waals surface area (Å²) in [6.45, 7) is 2.12. The fourth-order valence-corrected chi connectivity index (χ4v) is 2.83. The lowest BCUT2D eigenvalue weighted by Gasteiger charge is -2.31. The minimum atomic E-state index is -2.75. The first kappa shape index (κ1) is 19.4. The zero-order chi connectivity index (χ0) is 18.8. The number of carbonyl (C=O) groups excluding carboxylic acids is 3. The molecule has 1 aliphatic heterocycles. The quantitative estimate of drug-likeness (QED) is 0.802. The largest absolute Gasteiger partial charge is 0.383 e. The molecule has 1 aliphatic rings. The lowest BCUT2D eigenvalue weighted by atomic mass is 10.0. The summed E-state index contributed by atoms with van der Waals surface area (Å²) < 4.78 is 26.3. The molecule has 0 radical (unpaired) electrons. The Morgan fingerprint density at radius 1 is 1.36 bits per heavy atom. The highest BCUT2D eigenvalue weighted by atomic mass is 32.1. The summed E-state index contributed by atoms with van der Waals surface area (Å²) in [4.78, 5) is 41.0. The second-order valence-corrected chi connectivity index (χ2v) is 7.21. The van der Waals surface area contributed by atoms with Gasteiger partial charge >= 0.3 is 0 Å². The SMILES string of the molecule is CC(C)(O)C(=O)CNC(=O)c1nc(C(=O)N2CCC(F)(F)CC2)cs1. The van der Waals surface area contributed by atoms with Crippen molar-refractivity contribution in [1.82, 2.24) is 15.2 Å². The number of hydrogen-bond acceptors (Lipinski definition) is 6. The first-order valence-corrected chi connectivity index (χ1v) is 8.54. The molecule has 1 aromatic heterocycles. The van der Waals surface area contributed by atoms with Crippen LogP contribution in [-0.4, -0.2) is 63.7 Å². The van der Waals surface area contributed by atoms with Gasteiger partial charge in [0.2, 0.25) is 0 Å². The van der Waals surface area contributed by atoms with E-state index in [0.717, 1.165) is 11.3 Å². The van der Waals surface area contributed by atoms with Gasteiger partial charge in [0, 0.05) is 31.3 Å². The third-order valence-corrected chi connectivity index (χ3v) is 4.63. The van der Waals surface area contributed by atoms with Crippen LogP contribution in [0, 0.1) is 0 Å². The molecule has 2 N–H and O–H groups in total. The molecule has 2 heterocycles. The average molecular weight is 375 g/mol. The molecule has 0 aliphatic carbocycles. The minimum Gasteiger partial charge on any atom is -0.383 e. The Kier molecular flexibility index (Phi) is 5.52. The first-order valence-electron chi connectivity index (χ1n) is 7.66. The highest BCUT2D eigenvalue weighted by Crippen LogP contribution is 2.28. The molecule has 0 aromatic carbocycles. The van der Waals surface area contributed by atoms with E-state index >= 15 is 0 Å². The van der Waals surface area contributed by atoms with E-state index in [0.29, 0.717) is 0 Å². The molecule has 0 atom stereocenters. The number of nitrogens with zero attached hydrogens (tertiary/aromatic N) is 2. The highest BCUT2D eigenvalue weighted by molar-refractivity contribution is 7.11. The molecule has 25 heavy (non-hydrogen) atoms. The monoisotopic (exact) mass is 375 g/mol. The molecule has 1 fully saturated rings. The minimum absolute atomic E-state index is 0.00850. The smallest absolute Gasteiger partial charge is 0.280 e. The van der Waals surface area contributed by atoms with Crippen molar-refractivity contribution in [3.63, 3.8) is 0 Å². The normalized spacial score (nSPS) is 17.2. The van der Waals surface area contributed by atoms with Crippen molar-refractivity contribution in [1.29, 1.82) is 0 Å². The Labute approximate surface area is 147 Å². The summed E-state index contributed by atoms with van der Waals surface area (Å²) >= 11 is 0.916. The highest BCUT2D eigenvalue weighted by Gasteiger charge is 2.36. The molecule has 2 rings (SSSR count). The number of ketones is 1. The van der Waals surface area contributed by atoms with Crippen LogP contribution in [0.4, 0.5) is 8.78 Å². The molecule has 0 unspecified atom stereocenters. The van der Waals surface area contributed by atoms with Gasteiger partial charge in [0.15, 0.2) is 10.8 Å². The number of carbonyl (C=O) groups is 3. The van der Waals surface area contributed by atoms with Gasteiger partial charge in [-0.3, -0.25) is 14.4 Å². The van der Waals surface area contributed by atoms with Crippen molar-refractivity contribution in [2.75, 3.05) is 19.6 Å². The van der Waals surface area contributed by atoms with Crippen LogP contribution < -0.4 is 5.32 Å². The summed E-state index contributed by atoms with van der Waals surface area (Å²) in [6.07, 6.45) is -0.787.